The summed E-state index contributed by atoms with van der Waals surface area (Å²) in [5, 5.41) is 0.457. The molecular weight excluding hydrogens is 420 g/mol. The third kappa shape index (κ3) is 4.25. The van der Waals surface area contributed by atoms with Crippen molar-refractivity contribution in [3.8, 4) is 5.75 Å². The van der Waals surface area contributed by atoms with Gasteiger partial charge in [0.25, 0.3) is 5.91 Å². The quantitative estimate of drug-likeness (QED) is 0.721. The highest BCUT2D eigenvalue weighted by molar-refractivity contribution is 8.16. The van der Waals surface area contributed by atoms with E-state index in [2.05, 4.69) is 11.1 Å². The second kappa shape index (κ2) is 8.07. The predicted molar refractivity (Wildman–Crippen MR) is 121 cm³/mol. The molecule has 2 saturated heterocycles. The Morgan fingerprint density at radius 1 is 1.17 bits per heavy atom. The molecule has 0 saturated carbocycles. The van der Waals surface area contributed by atoms with Crippen LogP contribution in [0.15, 0.2) is 47.5 Å². The maximum absolute atomic E-state index is 12.8. The van der Waals surface area contributed by atoms with Crippen molar-refractivity contribution >= 4 is 38.4 Å². The van der Waals surface area contributed by atoms with Crippen LogP contribution in [0.3, 0.4) is 0 Å². The number of aryl methyl sites for hydroxylation is 2. The highest BCUT2D eigenvalue weighted by Gasteiger charge is 2.49. The molecule has 0 N–H and O–H groups in total. The first-order valence-electron chi connectivity index (χ1n) is 9.74. The first-order valence-corrected chi connectivity index (χ1v) is 12.4. The summed E-state index contributed by atoms with van der Waals surface area (Å²) in [6, 6.07) is 13.3. The molecule has 0 aromatic heterocycles. The maximum Gasteiger partial charge on any atom is 0.252 e. The van der Waals surface area contributed by atoms with Crippen LogP contribution >= 0.6 is 11.8 Å². The van der Waals surface area contributed by atoms with Crippen molar-refractivity contribution in [1.29, 1.82) is 0 Å². The number of anilines is 1. The van der Waals surface area contributed by atoms with Gasteiger partial charge in [-0.2, -0.15) is 4.99 Å². The summed E-state index contributed by atoms with van der Waals surface area (Å²) in [5.74, 6) is 0.569. The Morgan fingerprint density at radius 2 is 1.87 bits per heavy atom. The molecule has 30 heavy (non-hydrogen) atoms. The summed E-state index contributed by atoms with van der Waals surface area (Å²) in [6.07, 6.45) is 0.127. The Balaban J connectivity index is 1.67. The molecule has 4 rings (SSSR count). The number of methoxy groups -OCH3 is 1. The molecule has 2 aliphatic rings. The fourth-order valence-electron chi connectivity index (χ4n) is 4.11. The van der Waals surface area contributed by atoms with E-state index in [1.54, 1.807) is 7.11 Å². The molecular formula is C22H24N2O4S2. The number of hydrogen-bond acceptors (Lipinski definition) is 5. The number of carbonyl (C=O) groups is 1. The van der Waals surface area contributed by atoms with Crippen LogP contribution in [-0.2, 0) is 21.1 Å². The van der Waals surface area contributed by atoms with Gasteiger partial charge in [-0.3, -0.25) is 4.79 Å². The minimum Gasteiger partial charge on any atom is -0.496 e. The van der Waals surface area contributed by atoms with E-state index >= 15 is 0 Å². The van der Waals surface area contributed by atoms with E-state index in [0.29, 0.717) is 10.9 Å². The average molecular weight is 445 g/mol. The first-order chi connectivity index (χ1) is 14.3. The van der Waals surface area contributed by atoms with E-state index in [0.717, 1.165) is 22.4 Å². The number of nitrogens with zero attached hydrogens (tertiary/aromatic N) is 2. The van der Waals surface area contributed by atoms with Gasteiger partial charge in [-0.1, -0.05) is 36.0 Å². The lowest BCUT2D eigenvalue weighted by atomic mass is 10.1. The van der Waals surface area contributed by atoms with Crippen molar-refractivity contribution in [3.63, 3.8) is 0 Å². The number of fused-ring (bicyclic) bond motifs is 1. The Morgan fingerprint density at radius 3 is 2.57 bits per heavy atom. The minimum atomic E-state index is -3.10. The van der Waals surface area contributed by atoms with Crippen LogP contribution in [0.2, 0.25) is 0 Å². The van der Waals surface area contributed by atoms with Gasteiger partial charge in [0.2, 0.25) is 0 Å². The topological polar surface area (TPSA) is 76.0 Å². The highest BCUT2D eigenvalue weighted by Crippen LogP contribution is 2.41. The molecule has 0 spiro atoms. The van der Waals surface area contributed by atoms with Crippen LogP contribution in [0, 0.1) is 13.8 Å². The van der Waals surface area contributed by atoms with Gasteiger partial charge in [-0.25, -0.2) is 8.42 Å². The Kier molecular flexibility index (Phi) is 5.63. The zero-order valence-corrected chi connectivity index (χ0v) is 18.8. The predicted octanol–water partition coefficient (Wildman–Crippen LogP) is 3.16. The number of sulfone groups is 1. The van der Waals surface area contributed by atoms with Crippen molar-refractivity contribution in [2.75, 3.05) is 23.5 Å². The van der Waals surface area contributed by atoms with Gasteiger partial charge in [0, 0.05) is 16.5 Å². The van der Waals surface area contributed by atoms with Crippen LogP contribution in [0.1, 0.15) is 16.7 Å². The van der Waals surface area contributed by atoms with Crippen LogP contribution < -0.4 is 9.64 Å². The van der Waals surface area contributed by atoms with Crippen molar-refractivity contribution in [1.82, 2.24) is 0 Å². The Hall–Kier alpha value is -2.32. The molecule has 2 aromatic rings. The smallest absolute Gasteiger partial charge is 0.252 e. The Bertz CT molecular complexity index is 1110. The zero-order chi connectivity index (χ0) is 21.5. The van der Waals surface area contributed by atoms with Crippen LogP contribution in [0.4, 0.5) is 5.69 Å². The van der Waals surface area contributed by atoms with Crippen molar-refractivity contribution in [2.45, 2.75) is 31.6 Å². The van der Waals surface area contributed by atoms with E-state index < -0.39 is 9.84 Å². The molecule has 2 aromatic carbocycles. The van der Waals surface area contributed by atoms with Crippen LogP contribution in [0.5, 0.6) is 5.75 Å². The number of amides is 1. The third-order valence-corrected chi connectivity index (χ3v) is 8.52. The lowest BCUT2D eigenvalue weighted by Crippen LogP contribution is -2.37. The van der Waals surface area contributed by atoms with Gasteiger partial charge in [-0.05, 0) is 43.2 Å². The summed E-state index contributed by atoms with van der Waals surface area (Å²) in [5.41, 5.74) is 3.82. The van der Waals surface area contributed by atoms with Crippen molar-refractivity contribution < 1.29 is 17.9 Å². The fourth-order valence-corrected chi connectivity index (χ4v) is 8.05. The molecule has 2 atom stereocenters. The largest absolute Gasteiger partial charge is 0.496 e. The van der Waals surface area contributed by atoms with Gasteiger partial charge in [-0.15, -0.1) is 0 Å². The van der Waals surface area contributed by atoms with E-state index in [1.165, 1.54) is 11.8 Å². The first kappa shape index (κ1) is 20.9. The summed E-state index contributed by atoms with van der Waals surface area (Å²) in [6.45, 7) is 4.01. The molecule has 1 amide bonds. The number of carbonyl (C=O) groups excluding carboxylic acids is 1. The number of aliphatic imine (C=N–C) groups is 1. The third-order valence-electron chi connectivity index (χ3n) is 5.31. The average Bonchev–Trinajstić information content (AvgIpc) is 3.11. The number of rotatable bonds is 4. The number of thioether (sulfide) groups is 1. The summed E-state index contributed by atoms with van der Waals surface area (Å²) in [7, 11) is -1.52. The molecule has 8 heteroatoms. The molecule has 2 aliphatic heterocycles. The lowest BCUT2D eigenvalue weighted by Gasteiger charge is -2.25. The van der Waals surface area contributed by atoms with E-state index in [4.69, 9.17) is 4.74 Å². The second-order valence-corrected chi connectivity index (χ2v) is 11.2. The summed E-state index contributed by atoms with van der Waals surface area (Å²) in [4.78, 5) is 19.1. The molecule has 2 fully saturated rings. The van der Waals surface area contributed by atoms with Gasteiger partial charge in [0.05, 0.1) is 31.1 Å². The molecule has 2 heterocycles. The van der Waals surface area contributed by atoms with Gasteiger partial charge < -0.3 is 9.64 Å². The maximum atomic E-state index is 12.8. The van der Waals surface area contributed by atoms with Gasteiger partial charge in [0.1, 0.15) is 5.75 Å². The zero-order valence-electron chi connectivity index (χ0n) is 17.2. The molecule has 0 bridgehead atoms. The second-order valence-electron chi connectivity index (χ2n) is 7.79. The molecule has 0 unspecified atom stereocenters. The van der Waals surface area contributed by atoms with Crippen LogP contribution in [-0.4, -0.2) is 49.4 Å². The number of para-hydroxylation sites is 1. The van der Waals surface area contributed by atoms with Gasteiger partial charge in [0.15, 0.2) is 15.0 Å². The molecule has 0 radical (unpaired) electrons. The lowest BCUT2D eigenvalue weighted by molar-refractivity contribution is -0.117. The number of amidine groups is 1. The highest BCUT2D eigenvalue weighted by atomic mass is 32.2. The summed E-state index contributed by atoms with van der Waals surface area (Å²) >= 11 is 1.39. The van der Waals surface area contributed by atoms with Crippen LogP contribution in [0.25, 0.3) is 0 Å². The monoisotopic (exact) mass is 444 g/mol. The normalized spacial score (nSPS) is 23.6. The van der Waals surface area contributed by atoms with Crippen molar-refractivity contribution in [3.05, 3.63) is 59.2 Å². The van der Waals surface area contributed by atoms with E-state index in [9.17, 15) is 13.2 Å². The summed E-state index contributed by atoms with van der Waals surface area (Å²) < 4.78 is 29.8. The van der Waals surface area contributed by atoms with E-state index in [1.807, 2.05) is 55.1 Å². The fraction of sp³-hybridized carbons (Fsp3) is 0.364. The minimum absolute atomic E-state index is 0.0807. The van der Waals surface area contributed by atoms with Gasteiger partial charge >= 0.3 is 0 Å². The molecule has 6 nitrogen and oxygen atoms in total. The number of benzene rings is 2. The number of hydrogen-bond donors (Lipinski definition) is 0. The van der Waals surface area contributed by atoms with Crippen molar-refractivity contribution in [2.24, 2.45) is 4.99 Å². The Labute approximate surface area is 181 Å². The number of ether oxygens (including phenoxy) is 1. The molecule has 0 aliphatic carbocycles. The SMILES string of the molecule is COc1ccccc1CC(=O)N=C1S[C@@H]2CS(=O)(=O)C[C@@H]2N1c1cc(C)cc(C)c1. The van der Waals surface area contributed by atoms with E-state index in [-0.39, 0.29) is 35.1 Å². The molecule has 158 valence electrons. The standard InChI is InChI=1S/C22H24N2O4S2/c1-14-8-15(2)10-17(9-14)24-18-12-30(26,27)13-20(18)29-22(24)23-21(25)11-16-6-4-5-7-19(16)28-3/h4-10,18,20H,11-13H2,1-3H3/t18-,20+/m0/s1.